The molecule has 118 valence electrons. The summed E-state index contributed by atoms with van der Waals surface area (Å²) in [7, 11) is 0. The molecule has 0 bridgehead atoms. The molecule has 2 aromatic carbocycles. The number of rotatable bonds is 6. The van der Waals surface area contributed by atoms with E-state index in [2.05, 4.69) is 62.3 Å². The Bertz CT molecular complexity index is 792. The SMILES string of the molecule is O=C(Cc1ccc(Br)cc1)NCCCn1ccc2ccccc21. The number of carbonyl (C=O) groups excluding carboxylic acids is 1. The largest absolute Gasteiger partial charge is 0.356 e. The third-order valence-electron chi connectivity index (χ3n) is 3.86. The van der Waals surface area contributed by atoms with Gasteiger partial charge in [-0.05, 0) is 41.6 Å². The number of fused-ring (bicyclic) bond motifs is 1. The molecule has 0 fully saturated rings. The quantitative estimate of drug-likeness (QED) is 0.649. The van der Waals surface area contributed by atoms with E-state index < -0.39 is 0 Å². The zero-order valence-electron chi connectivity index (χ0n) is 12.8. The van der Waals surface area contributed by atoms with Crippen molar-refractivity contribution in [1.82, 2.24) is 9.88 Å². The minimum Gasteiger partial charge on any atom is -0.356 e. The molecule has 3 nitrogen and oxygen atoms in total. The van der Waals surface area contributed by atoms with Crippen molar-refractivity contribution in [2.45, 2.75) is 19.4 Å². The number of aromatic nitrogens is 1. The Morgan fingerprint density at radius 1 is 1.04 bits per heavy atom. The van der Waals surface area contributed by atoms with Crippen molar-refractivity contribution in [2.24, 2.45) is 0 Å². The lowest BCUT2D eigenvalue weighted by molar-refractivity contribution is -0.120. The van der Waals surface area contributed by atoms with Crippen molar-refractivity contribution >= 4 is 32.7 Å². The molecule has 0 spiro atoms. The van der Waals surface area contributed by atoms with Crippen molar-refractivity contribution in [2.75, 3.05) is 6.54 Å². The van der Waals surface area contributed by atoms with E-state index in [-0.39, 0.29) is 5.91 Å². The number of hydrogen-bond donors (Lipinski definition) is 1. The van der Waals surface area contributed by atoms with Gasteiger partial charge in [-0.1, -0.05) is 46.3 Å². The molecular weight excluding hydrogens is 352 g/mol. The molecule has 0 radical (unpaired) electrons. The summed E-state index contributed by atoms with van der Waals surface area (Å²) in [5.41, 5.74) is 2.27. The molecule has 3 rings (SSSR count). The average Bonchev–Trinajstić information content (AvgIpc) is 2.97. The maximum Gasteiger partial charge on any atom is 0.224 e. The van der Waals surface area contributed by atoms with Crippen LogP contribution in [0.2, 0.25) is 0 Å². The van der Waals surface area contributed by atoms with E-state index in [1.807, 2.05) is 24.3 Å². The topological polar surface area (TPSA) is 34.0 Å². The van der Waals surface area contributed by atoms with Gasteiger partial charge >= 0.3 is 0 Å². The zero-order valence-corrected chi connectivity index (χ0v) is 14.4. The summed E-state index contributed by atoms with van der Waals surface area (Å²) in [6, 6.07) is 18.3. The molecule has 0 aliphatic carbocycles. The number of halogens is 1. The summed E-state index contributed by atoms with van der Waals surface area (Å²) >= 11 is 3.40. The van der Waals surface area contributed by atoms with Crippen molar-refractivity contribution in [3.05, 3.63) is 70.8 Å². The first-order valence-electron chi connectivity index (χ1n) is 7.77. The predicted octanol–water partition coefficient (Wildman–Crippen LogP) is 4.15. The van der Waals surface area contributed by atoms with Crippen LogP contribution in [0.4, 0.5) is 0 Å². The van der Waals surface area contributed by atoms with Gasteiger partial charge in [0.05, 0.1) is 6.42 Å². The molecule has 1 aromatic heterocycles. The standard InChI is InChI=1S/C19H19BrN2O/c20-17-8-6-15(7-9-17)14-19(23)21-11-3-12-22-13-10-16-4-1-2-5-18(16)22/h1-2,4-10,13H,3,11-12,14H2,(H,21,23). The van der Waals surface area contributed by atoms with Crippen LogP contribution >= 0.6 is 15.9 Å². The fourth-order valence-electron chi connectivity index (χ4n) is 2.66. The maximum absolute atomic E-state index is 11.9. The van der Waals surface area contributed by atoms with Crippen LogP contribution in [0.5, 0.6) is 0 Å². The van der Waals surface area contributed by atoms with Gasteiger partial charge in [0.15, 0.2) is 0 Å². The molecule has 1 amide bonds. The second-order valence-corrected chi connectivity index (χ2v) is 6.49. The van der Waals surface area contributed by atoms with Crippen LogP contribution in [0.15, 0.2) is 65.3 Å². The van der Waals surface area contributed by atoms with E-state index in [1.165, 1.54) is 10.9 Å². The van der Waals surface area contributed by atoms with Crippen LogP contribution < -0.4 is 5.32 Å². The summed E-state index contributed by atoms with van der Waals surface area (Å²) in [5, 5.41) is 4.25. The number of aryl methyl sites for hydroxylation is 1. The summed E-state index contributed by atoms with van der Waals surface area (Å²) in [6.45, 7) is 1.61. The van der Waals surface area contributed by atoms with Gasteiger partial charge in [0.25, 0.3) is 0 Å². The summed E-state index contributed by atoms with van der Waals surface area (Å²) in [6.07, 6.45) is 3.46. The van der Waals surface area contributed by atoms with Crippen LogP contribution in [-0.4, -0.2) is 17.0 Å². The number of hydrogen-bond acceptors (Lipinski definition) is 1. The first-order chi connectivity index (χ1) is 11.2. The lowest BCUT2D eigenvalue weighted by Crippen LogP contribution is -2.26. The second kappa shape index (κ2) is 7.47. The third-order valence-corrected chi connectivity index (χ3v) is 4.38. The Morgan fingerprint density at radius 3 is 2.65 bits per heavy atom. The monoisotopic (exact) mass is 370 g/mol. The van der Waals surface area contributed by atoms with Crippen molar-refractivity contribution in [3.63, 3.8) is 0 Å². The van der Waals surface area contributed by atoms with Crippen LogP contribution in [0.3, 0.4) is 0 Å². The number of carbonyl (C=O) groups is 1. The summed E-state index contributed by atoms with van der Waals surface area (Å²) in [4.78, 5) is 11.9. The molecule has 0 aliphatic rings. The first kappa shape index (κ1) is 15.8. The summed E-state index contributed by atoms with van der Waals surface area (Å²) < 4.78 is 3.26. The molecule has 0 atom stereocenters. The lowest BCUT2D eigenvalue weighted by Gasteiger charge is -2.07. The molecule has 4 heteroatoms. The third kappa shape index (κ3) is 4.23. The molecular formula is C19H19BrN2O. The maximum atomic E-state index is 11.9. The van der Waals surface area contributed by atoms with E-state index in [9.17, 15) is 4.79 Å². The minimum absolute atomic E-state index is 0.0738. The Balaban J connectivity index is 1.44. The Kier molecular flexibility index (Phi) is 5.13. The van der Waals surface area contributed by atoms with Crippen molar-refractivity contribution < 1.29 is 4.79 Å². The Labute approximate surface area is 144 Å². The number of para-hydroxylation sites is 1. The van der Waals surface area contributed by atoms with Gasteiger partial charge in [-0.15, -0.1) is 0 Å². The van der Waals surface area contributed by atoms with Crippen LogP contribution in [-0.2, 0) is 17.8 Å². The number of amides is 1. The minimum atomic E-state index is 0.0738. The fourth-order valence-corrected chi connectivity index (χ4v) is 2.93. The van der Waals surface area contributed by atoms with E-state index in [1.54, 1.807) is 0 Å². The van der Waals surface area contributed by atoms with Crippen LogP contribution in [0, 0.1) is 0 Å². The Morgan fingerprint density at radius 2 is 1.83 bits per heavy atom. The second-order valence-electron chi connectivity index (χ2n) is 5.57. The number of nitrogens with one attached hydrogen (secondary N) is 1. The van der Waals surface area contributed by atoms with Gasteiger partial charge in [0, 0.05) is 29.3 Å². The van der Waals surface area contributed by atoms with Gasteiger partial charge in [-0.2, -0.15) is 0 Å². The molecule has 23 heavy (non-hydrogen) atoms. The van der Waals surface area contributed by atoms with E-state index in [4.69, 9.17) is 0 Å². The molecule has 0 aliphatic heterocycles. The Hall–Kier alpha value is -2.07. The van der Waals surface area contributed by atoms with Crippen molar-refractivity contribution in [1.29, 1.82) is 0 Å². The van der Waals surface area contributed by atoms with E-state index in [0.717, 1.165) is 23.0 Å². The van der Waals surface area contributed by atoms with Gasteiger partial charge < -0.3 is 9.88 Å². The lowest BCUT2D eigenvalue weighted by atomic mass is 10.1. The average molecular weight is 371 g/mol. The molecule has 0 unspecified atom stereocenters. The molecule has 1 heterocycles. The predicted molar refractivity (Wildman–Crippen MR) is 97.4 cm³/mol. The van der Waals surface area contributed by atoms with Crippen LogP contribution in [0.25, 0.3) is 10.9 Å². The number of benzene rings is 2. The van der Waals surface area contributed by atoms with Crippen LogP contribution in [0.1, 0.15) is 12.0 Å². The summed E-state index contributed by atoms with van der Waals surface area (Å²) in [5.74, 6) is 0.0738. The molecule has 1 N–H and O–H groups in total. The van der Waals surface area contributed by atoms with Gasteiger partial charge in [-0.3, -0.25) is 4.79 Å². The van der Waals surface area contributed by atoms with E-state index in [0.29, 0.717) is 13.0 Å². The highest BCUT2D eigenvalue weighted by Crippen LogP contribution is 2.15. The van der Waals surface area contributed by atoms with Crippen molar-refractivity contribution in [3.8, 4) is 0 Å². The van der Waals surface area contributed by atoms with E-state index >= 15 is 0 Å². The number of nitrogens with zero attached hydrogens (tertiary/aromatic N) is 1. The molecule has 0 saturated heterocycles. The first-order valence-corrected chi connectivity index (χ1v) is 8.57. The zero-order chi connectivity index (χ0) is 16.1. The fraction of sp³-hybridized carbons (Fsp3) is 0.211. The van der Waals surface area contributed by atoms with Gasteiger partial charge in [0.2, 0.25) is 5.91 Å². The molecule has 3 aromatic rings. The smallest absolute Gasteiger partial charge is 0.224 e. The van der Waals surface area contributed by atoms with Gasteiger partial charge in [-0.25, -0.2) is 0 Å². The normalized spacial score (nSPS) is 10.8. The van der Waals surface area contributed by atoms with Gasteiger partial charge in [0.1, 0.15) is 0 Å². The molecule has 0 saturated carbocycles. The highest BCUT2D eigenvalue weighted by Gasteiger charge is 2.03. The highest BCUT2D eigenvalue weighted by atomic mass is 79.9. The highest BCUT2D eigenvalue weighted by molar-refractivity contribution is 9.10.